The molecule has 0 aliphatic rings. The molecular formula is C18H21N5O2S2. The average molecular weight is 404 g/mol. The molecule has 2 heterocycles. The zero-order valence-electron chi connectivity index (χ0n) is 15.2. The molecule has 0 saturated heterocycles. The lowest BCUT2D eigenvalue weighted by molar-refractivity contribution is 0.587. The maximum atomic E-state index is 11.6. The van der Waals surface area contributed by atoms with E-state index >= 15 is 0 Å². The molecule has 1 aromatic carbocycles. The number of nitrogens with zero attached hydrogens (tertiary/aromatic N) is 4. The molecule has 0 bridgehead atoms. The summed E-state index contributed by atoms with van der Waals surface area (Å²) in [5.41, 5.74) is 3.03. The number of thioether (sulfide) groups is 1. The normalized spacial score (nSPS) is 11.6. The predicted octanol–water partition coefficient (Wildman–Crippen LogP) is 2.67. The number of aryl methyl sites for hydroxylation is 1. The van der Waals surface area contributed by atoms with Gasteiger partial charge in [0.05, 0.1) is 11.4 Å². The zero-order chi connectivity index (χ0) is 19.3. The Morgan fingerprint density at radius 1 is 1.11 bits per heavy atom. The van der Waals surface area contributed by atoms with Crippen molar-refractivity contribution in [2.24, 2.45) is 0 Å². The van der Waals surface area contributed by atoms with Crippen molar-refractivity contribution in [3.05, 3.63) is 54.4 Å². The van der Waals surface area contributed by atoms with Crippen LogP contribution in [0.1, 0.15) is 12.0 Å². The van der Waals surface area contributed by atoms with Gasteiger partial charge in [-0.3, -0.25) is 9.55 Å². The third-order valence-corrected chi connectivity index (χ3v) is 6.49. The van der Waals surface area contributed by atoms with Crippen molar-refractivity contribution in [3.8, 4) is 17.1 Å². The summed E-state index contributed by atoms with van der Waals surface area (Å²) < 4.78 is 27.5. The molecule has 1 N–H and O–H groups in total. The summed E-state index contributed by atoms with van der Waals surface area (Å²) >= 11 is 1.50. The second-order valence-corrected chi connectivity index (χ2v) is 9.00. The van der Waals surface area contributed by atoms with E-state index in [9.17, 15) is 8.42 Å². The molecule has 0 unspecified atom stereocenters. The highest BCUT2D eigenvalue weighted by Gasteiger charge is 2.17. The average Bonchev–Trinajstić information content (AvgIpc) is 3.10. The van der Waals surface area contributed by atoms with Gasteiger partial charge in [-0.25, -0.2) is 13.1 Å². The number of sulfonamides is 1. The molecule has 0 fully saturated rings. The predicted molar refractivity (Wildman–Crippen MR) is 108 cm³/mol. The minimum Gasteiger partial charge on any atom is -0.270 e. The van der Waals surface area contributed by atoms with Gasteiger partial charge in [0.2, 0.25) is 10.0 Å². The third kappa shape index (κ3) is 4.74. The first kappa shape index (κ1) is 19.5. The first-order valence-corrected chi connectivity index (χ1v) is 11.1. The maximum Gasteiger partial charge on any atom is 0.211 e. The second kappa shape index (κ2) is 8.64. The van der Waals surface area contributed by atoms with E-state index in [1.807, 2.05) is 47.9 Å². The molecule has 2 aromatic heterocycles. The van der Waals surface area contributed by atoms with Gasteiger partial charge in [-0.15, -0.1) is 10.2 Å². The fourth-order valence-electron chi connectivity index (χ4n) is 2.60. The molecule has 0 radical (unpaired) electrons. The van der Waals surface area contributed by atoms with Gasteiger partial charge in [0, 0.05) is 23.7 Å². The highest BCUT2D eigenvalue weighted by atomic mass is 32.2. The largest absolute Gasteiger partial charge is 0.270 e. The van der Waals surface area contributed by atoms with E-state index in [0.717, 1.165) is 27.8 Å². The lowest BCUT2D eigenvalue weighted by Crippen LogP contribution is -2.22. The van der Waals surface area contributed by atoms with Gasteiger partial charge in [-0.05, 0) is 44.2 Å². The molecule has 7 nitrogen and oxygen atoms in total. The molecule has 0 aliphatic carbocycles. The Balaban J connectivity index is 1.91. The standard InChI is InChI=1S/C18H21N5O2S2/c1-14-6-3-4-7-16(14)23-17(15-8-10-20-11-9-15)21-22-18(23)26-12-5-13-27(24,25)19-2/h3-4,6-11,19H,5,12-13H2,1-2H3. The number of rotatable bonds is 8. The van der Waals surface area contributed by atoms with E-state index in [1.165, 1.54) is 18.8 Å². The Kier molecular flexibility index (Phi) is 6.25. The van der Waals surface area contributed by atoms with Crippen molar-refractivity contribution in [2.45, 2.75) is 18.5 Å². The number of hydrogen-bond acceptors (Lipinski definition) is 6. The summed E-state index contributed by atoms with van der Waals surface area (Å²) in [6.07, 6.45) is 3.97. The van der Waals surface area contributed by atoms with Crippen molar-refractivity contribution in [2.75, 3.05) is 18.6 Å². The molecule has 0 spiro atoms. The van der Waals surface area contributed by atoms with Crippen LogP contribution in [0.25, 0.3) is 17.1 Å². The number of para-hydroxylation sites is 1. The lowest BCUT2D eigenvalue weighted by atomic mass is 10.2. The van der Waals surface area contributed by atoms with Gasteiger partial charge >= 0.3 is 0 Å². The highest BCUT2D eigenvalue weighted by molar-refractivity contribution is 7.99. The molecule has 3 rings (SSSR count). The monoisotopic (exact) mass is 403 g/mol. The van der Waals surface area contributed by atoms with Crippen LogP contribution in [0.5, 0.6) is 0 Å². The first-order valence-electron chi connectivity index (χ1n) is 8.47. The highest BCUT2D eigenvalue weighted by Crippen LogP contribution is 2.29. The Bertz CT molecular complexity index is 1000. The van der Waals surface area contributed by atoms with Gasteiger partial charge < -0.3 is 0 Å². The molecular weight excluding hydrogens is 382 g/mol. The number of nitrogens with one attached hydrogen (secondary N) is 1. The molecule has 27 heavy (non-hydrogen) atoms. The fraction of sp³-hybridized carbons (Fsp3) is 0.278. The zero-order valence-corrected chi connectivity index (χ0v) is 16.8. The van der Waals surface area contributed by atoms with Crippen LogP contribution in [-0.4, -0.2) is 46.7 Å². The minimum atomic E-state index is -3.19. The van der Waals surface area contributed by atoms with E-state index in [2.05, 4.69) is 19.9 Å². The fourth-order valence-corrected chi connectivity index (χ4v) is 4.39. The summed E-state index contributed by atoms with van der Waals surface area (Å²) in [5, 5.41) is 9.47. The summed E-state index contributed by atoms with van der Waals surface area (Å²) in [7, 11) is -1.76. The van der Waals surface area contributed by atoms with Crippen LogP contribution >= 0.6 is 11.8 Å². The van der Waals surface area contributed by atoms with Gasteiger partial charge in [0.1, 0.15) is 0 Å². The first-order chi connectivity index (χ1) is 13.0. The van der Waals surface area contributed by atoms with E-state index in [0.29, 0.717) is 12.2 Å². The summed E-state index contributed by atoms with van der Waals surface area (Å²) in [5.74, 6) is 1.45. The maximum absolute atomic E-state index is 11.6. The van der Waals surface area contributed by atoms with Crippen molar-refractivity contribution < 1.29 is 8.42 Å². The van der Waals surface area contributed by atoms with Crippen LogP contribution in [-0.2, 0) is 10.0 Å². The third-order valence-electron chi connectivity index (χ3n) is 4.03. The second-order valence-electron chi connectivity index (χ2n) is 5.89. The Morgan fingerprint density at radius 3 is 2.56 bits per heavy atom. The number of hydrogen-bond donors (Lipinski definition) is 1. The number of pyridine rings is 1. The quantitative estimate of drug-likeness (QED) is 0.459. The summed E-state index contributed by atoms with van der Waals surface area (Å²) in [4.78, 5) is 4.06. The molecule has 0 saturated carbocycles. The van der Waals surface area contributed by atoms with E-state index in [4.69, 9.17) is 0 Å². The number of benzene rings is 1. The topological polar surface area (TPSA) is 89.8 Å². The van der Waals surface area contributed by atoms with Crippen molar-refractivity contribution in [1.29, 1.82) is 0 Å². The SMILES string of the molecule is CNS(=O)(=O)CCCSc1nnc(-c2ccncc2)n1-c1ccccc1C. The van der Waals surface area contributed by atoms with E-state index < -0.39 is 10.0 Å². The molecule has 9 heteroatoms. The van der Waals surface area contributed by atoms with Gasteiger partial charge in [-0.2, -0.15) is 0 Å². The molecule has 0 atom stereocenters. The van der Waals surface area contributed by atoms with Crippen LogP contribution in [0.2, 0.25) is 0 Å². The van der Waals surface area contributed by atoms with Crippen LogP contribution < -0.4 is 4.72 Å². The summed E-state index contributed by atoms with van der Waals surface area (Å²) in [6, 6.07) is 11.8. The molecule has 0 amide bonds. The van der Waals surface area contributed by atoms with Crippen LogP contribution in [0.15, 0.2) is 53.9 Å². The molecule has 0 aliphatic heterocycles. The number of aromatic nitrogens is 4. The van der Waals surface area contributed by atoms with Gasteiger partial charge in [0.15, 0.2) is 11.0 Å². The smallest absolute Gasteiger partial charge is 0.211 e. The Morgan fingerprint density at radius 2 is 1.85 bits per heavy atom. The summed E-state index contributed by atoms with van der Waals surface area (Å²) in [6.45, 7) is 2.04. The molecule has 142 valence electrons. The lowest BCUT2D eigenvalue weighted by Gasteiger charge is -2.12. The van der Waals surface area contributed by atoms with Gasteiger partial charge in [-0.1, -0.05) is 30.0 Å². The van der Waals surface area contributed by atoms with Crippen LogP contribution in [0.4, 0.5) is 0 Å². The minimum absolute atomic E-state index is 0.0895. The van der Waals surface area contributed by atoms with Crippen LogP contribution in [0.3, 0.4) is 0 Å². The van der Waals surface area contributed by atoms with Crippen molar-refractivity contribution in [3.63, 3.8) is 0 Å². The molecule has 3 aromatic rings. The van der Waals surface area contributed by atoms with Crippen molar-refractivity contribution in [1.82, 2.24) is 24.5 Å². The Labute approximate surface area is 163 Å². The Hall–Kier alpha value is -2.23. The van der Waals surface area contributed by atoms with E-state index in [1.54, 1.807) is 12.4 Å². The van der Waals surface area contributed by atoms with Crippen LogP contribution in [0, 0.1) is 6.92 Å². The van der Waals surface area contributed by atoms with Crippen molar-refractivity contribution >= 4 is 21.8 Å². The van der Waals surface area contributed by atoms with E-state index in [-0.39, 0.29) is 5.75 Å². The van der Waals surface area contributed by atoms with Gasteiger partial charge in [0.25, 0.3) is 0 Å².